The van der Waals surface area contributed by atoms with Crippen molar-refractivity contribution in [2.75, 3.05) is 102 Å². The molecule has 0 saturated heterocycles. The number of para-hydroxylation sites is 6. The van der Waals surface area contributed by atoms with E-state index in [0.717, 1.165) is 162 Å². The Balaban J connectivity index is 0.000000173. The third-order valence-electron chi connectivity index (χ3n) is 22.1. The van der Waals surface area contributed by atoms with Gasteiger partial charge in [0.2, 0.25) is 0 Å². The van der Waals surface area contributed by atoms with Gasteiger partial charge in [0.15, 0.2) is 0 Å². The van der Waals surface area contributed by atoms with Gasteiger partial charge in [0.05, 0.1) is 33.1 Å². The molecule has 3 aromatic heterocycles. The van der Waals surface area contributed by atoms with Crippen molar-refractivity contribution in [3.8, 4) is 0 Å². The first-order valence-electron chi connectivity index (χ1n) is 38.8. The number of H-pyrrole nitrogens is 3. The molecule has 6 aromatic carbocycles. The van der Waals surface area contributed by atoms with Crippen LogP contribution in [0, 0.1) is 35.2 Å². The summed E-state index contributed by atoms with van der Waals surface area (Å²) in [6, 6.07) is 39.3. The minimum Gasteiger partial charge on any atom is -0.457 e. The first kappa shape index (κ1) is 82.2. The van der Waals surface area contributed by atoms with Gasteiger partial charge in [0.1, 0.15) is 71.5 Å². The van der Waals surface area contributed by atoms with E-state index in [0.29, 0.717) is 57.8 Å². The summed E-state index contributed by atoms with van der Waals surface area (Å²) in [6.07, 6.45) is 11.8. The van der Waals surface area contributed by atoms with E-state index < -0.39 is 16.8 Å². The fourth-order valence-electron chi connectivity index (χ4n) is 17.4. The van der Waals surface area contributed by atoms with Crippen molar-refractivity contribution in [3.05, 3.63) is 196 Å². The number of benzene rings is 6. The van der Waals surface area contributed by atoms with E-state index in [4.69, 9.17) is 28.4 Å². The van der Waals surface area contributed by atoms with Crippen LogP contribution < -0.4 is 0 Å². The second kappa shape index (κ2) is 38.4. The first-order chi connectivity index (χ1) is 51.9. The maximum absolute atomic E-state index is 14.0. The minimum atomic E-state index is -0.651. The van der Waals surface area contributed by atoms with Crippen LogP contribution in [0.15, 0.2) is 127 Å². The van der Waals surface area contributed by atoms with Crippen molar-refractivity contribution in [1.82, 2.24) is 44.6 Å². The molecule has 582 valence electrons. The molecule has 0 unspecified atom stereocenters. The molecule has 0 amide bonds. The van der Waals surface area contributed by atoms with Gasteiger partial charge in [0.25, 0.3) is 0 Å². The number of aromatic nitrogens is 6. The summed E-state index contributed by atoms with van der Waals surface area (Å²) in [5.74, 6) is 1.97. The van der Waals surface area contributed by atoms with Gasteiger partial charge in [-0.15, -0.1) is 0 Å². The van der Waals surface area contributed by atoms with Crippen molar-refractivity contribution < 1.29 is 56.0 Å². The average Bonchev–Trinajstić information content (AvgIpc) is 0.952. The molecule has 0 fully saturated rings. The van der Waals surface area contributed by atoms with Crippen LogP contribution in [0.1, 0.15) is 168 Å². The Morgan fingerprint density at radius 1 is 0.417 bits per heavy atom. The summed E-state index contributed by atoms with van der Waals surface area (Å²) in [5.41, 5.74) is 10.6. The van der Waals surface area contributed by atoms with Crippen molar-refractivity contribution in [1.29, 1.82) is 0 Å². The number of hydrogen-bond acceptors (Lipinski definition) is 15. The maximum Gasteiger partial charge on any atom is 0.332 e. The highest BCUT2D eigenvalue weighted by Crippen LogP contribution is 2.51. The molecule has 21 heteroatoms. The number of nitrogens with one attached hydrogen (secondary N) is 3. The molecule has 0 aliphatic heterocycles. The Labute approximate surface area is 636 Å². The molecule has 12 rings (SSSR count). The summed E-state index contributed by atoms with van der Waals surface area (Å²) in [4.78, 5) is 69.1. The highest BCUT2D eigenvalue weighted by Gasteiger charge is 2.51. The number of aromatic amines is 3. The van der Waals surface area contributed by atoms with Gasteiger partial charge in [-0.1, -0.05) is 96.1 Å². The third-order valence-corrected chi connectivity index (χ3v) is 22.1. The lowest BCUT2D eigenvalue weighted by molar-refractivity contribution is -0.173. The van der Waals surface area contributed by atoms with Gasteiger partial charge >= 0.3 is 17.9 Å². The molecule has 6 atom stereocenters. The van der Waals surface area contributed by atoms with Gasteiger partial charge in [-0.3, -0.25) is 0 Å². The predicted molar refractivity (Wildman–Crippen MR) is 419 cm³/mol. The number of aryl methyl sites for hydroxylation is 6. The number of esters is 3. The largest absolute Gasteiger partial charge is 0.457 e. The van der Waals surface area contributed by atoms with Crippen LogP contribution >= 0.6 is 0 Å². The number of hydrogen-bond donors (Lipinski definition) is 3. The van der Waals surface area contributed by atoms with Crippen molar-refractivity contribution in [3.63, 3.8) is 0 Å². The molecule has 3 heterocycles. The van der Waals surface area contributed by atoms with Crippen molar-refractivity contribution in [2.24, 2.45) is 17.8 Å². The molecular formula is C87H114F3N9O9. The second-order valence-corrected chi connectivity index (χ2v) is 31.2. The zero-order chi connectivity index (χ0) is 77.1. The predicted octanol–water partition coefficient (Wildman–Crippen LogP) is 15.8. The number of ether oxygens (including phenoxy) is 6. The maximum atomic E-state index is 14.0. The molecule has 0 bridgehead atoms. The van der Waals surface area contributed by atoms with Crippen LogP contribution in [0.4, 0.5) is 13.2 Å². The Morgan fingerprint density at radius 3 is 0.935 bits per heavy atom. The van der Waals surface area contributed by atoms with Gasteiger partial charge in [0, 0.05) is 97.2 Å². The lowest BCUT2D eigenvalue weighted by atomic mass is 9.65. The molecule has 9 aromatic rings. The van der Waals surface area contributed by atoms with Crippen LogP contribution in [0.2, 0.25) is 0 Å². The lowest BCUT2D eigenvalue weighted by Crippen LogP contribution is -2.49. The number of methoxy groups -OCH3 is 3. The molecule has 0 radical (unpaired) electrons. The van der Waals surface area contributed by atoms with Crippen LogP contribution in [0.5, 0.6) is 0 Å². The van der Waals surface area contributed by atoms with E-state index in [2.05, 4.69) is 107 Å². The Morgan fingerprint density at radius 2 is 0.685 bits per heavy atom. The summed E-state index contributed by atoms with van der Waals surface area (Å²) in [7, 11) is 10.8. The van der Waals surface area contributed by atoms with E-state index in [1.807, 2.05) is 91.0 Å². The van der Waals surface area contributed by atoms with Gasteiger partial charge in [-0.05, 0) is 222 Å². The number of nitrogens with zero attached hydrogens (tertiary/aromatic N) is 6. The Kier molecular flexibility index (Phi) is 29.2. The Bertz CT molecular complexity index is 3870. The molecule has 108 heavy (non-hydrogen) atoms. The van der Waals surface area contributed by atoms with Crippen molar-refractivity contribution in [2.45, 2.75) is 172 Å². The molecule has 3 N–H and O–H groups in total. The van der Waals surface area contributed by atoms with E-state index in [1.54, 1.807) is 18.2 Å². The molecule has 3 aliphatic carbocycles. The summed E-state index contributed by atoms with van der Waals surface area (Å²) < 4.78 is 75.8. The number of halogens is 3. The summed E-state index contributed by atoms with van der Waals surface area (Å²) in [5, 5.41) is 0. The van der Waals surface area contributed by atoms with Crippen LogP contribution in [-0.2, 0) is 81.3 Å². The average molecular weight is 1490 g/mol. The van der Waals surface area contributed by atoms with E-state index in [1.165, 1.54) is 39.5 Å². The van der Waals surface area contributed by atoms with Crippen LogP contribution in [0.3, 0.4) is 0 Å². The van der Waals surface area contributed by atoms with Gasteiger partial charge in [-0.25, -0.2) is 42.5 Å². The first-order valence-corrected chi connectivity index (χ1v) is 38.8. The number of carbonyl (C=O) groups is 3. The lowest BCUT2D eigenvalue weighted by Gasteiger charge is -2.47. The van der Waals surface area contributed by atoms with Crippen LogP contribution in [0.25, 0.3) is 33.1 Å². The molecule has 18 nitrogen and oxygen atoms in total. The molecule has 0 spiro atoms. The number of carbonyl (C=O) groups excluding carboxylic acids is 3. The van der Waals surface area contributed by atoms with E-state index in [9.17, 15) is 27.6 Å². The number of imidazole rings is 3. The number of fused-ring (bicyclic) bond motifs is 6. The van der Waals surface area contributed by atoms with Gasteiger partial charge in [-0.2, -0.15) is 0 Å². The quantitative estimate of drug-likeness (QED) is 0.0259. The topological polar surface area (TPSA) is 202 Å². The normalized spacial score (nSPS) is 19.7. The van der Waals surface area contributed by atoms with Gasteiger partial charge < -0.3 is 58.1 Å². The monoisotopic (exact) mass is 1490 g/mol. The zero-order valence-electron chi connectivity index (χ0n) is 65.6. The zero-order valence-corrected chi connectivity index (χ0v) is 65.6. The minimum absolute atomic E-state index is 0.00777. The fraction of sp³-hybridized carbons (Fsp3) is 0.517. The van der Waals surface area contributed by atoms with E-state index >= 15 is 0 Å². The second-order valence-electron chi connectivity index (χ2n) is 31.2. The van der Waals surface area contributed by atoms with Crippen molar-refractivity contribution >= 4 is 51.0 Å². The fourth-order valence-corrected chi connectivity index (χ4v) is 17.4. The van der Waals surface area contributed by atoms with E-state index in [-0.39, 0.29) is 90.7 Å². The Hall–Kier alpha value is -8.31. The highest BCUT2D eigenvalue weighted by molar-refractivity contribution is 5.77. The molecular weight excluding hydrogens is 1370 g/mol. The van der Waals surface area contributed by atoms with Crippen LogP contribution in [-0.4, -0.2) is 181 Å². The standard InChI is InChI=1S/3C29H38FN3O3/c3*1-20(2)28-23-12-11-22(30)18-21(23)13-14-29(28,36-27(34)19-35-4)15-17-33(3)16-7-10-26-31-24-8-5-6-9-25(24)32-26/h3*5-6,8-9,11-12,18,20,28H,7,10,13-17,19H2,1-4H3,(H,31,32)/t3*28-,29-/m000/s1. The summed E-state index contributed by atoms with van der Waals surface area (Å²) in [6.45, 7) is 17.8. The SMILES string of the molecule is COCC(=O)O[C@]1(CCN(C)CCCc2nc3ccccc3[nH]2)CCc2cc(F)ccc2[C@@H]1C(C)C.COCC(=O)O[C@]1(CCN(C)CCCc2nc3ccccc3[nH]2)CCc2cc(F)ccc2[C@@H]1C(C)C.COCC(=O)O[C@]1(CCN(C)CCCc2nc3ccccc3[nH]2)CCc2cc(F)ccc2[C@@H]1C(C)C. The number of rotatable bonds is 33. The molecule has 0 saturated carbocycles. The third kappa shape index (κ3) is 21.2. The summed E-state index contributed by atoms with van der Waals surface area (Å²) >= 11 is 0. The smallest absolute Gasteiger partial charge is 0.332 e. The molecule has 3 aliphatic rings. The highest BCUT2D eigenvalue weighted by atomic mass is 19.1.